The Morgan fingerprint density at radius 2 is 2.21 bits per heavy atom. The number of rotatable bonds is 2. The Bertz CT molecular complexity index is 359. The van der Waals surface area contributed by atoms with Crippen molar-refractivity contribution in [3.63, 3.8) is 0 Å². The molecule has 1 heterocycles. The van der Waals surface area contributed by atoms with Gasteiger partial charge >= 0.3 is 0 Å². The van der Waals surface area contributed by atoms with Crippen LogP contribution in [0.2, 0.25) is 0 Å². The lowest BCUT2D eigenvalue weighted by Gasteiger charge is -2.15. The summed E-state index contributed by atoms with van der Waals surface area (Å²) in [6, 6.07) is 0. The summed E-state index contributed by atoms with van der Waals surface area (Å²) in [6.07, 6.45) is 2.34. The van der Waals surface area contributed by atoms with Crippen molar-refractivity contribution in [2.75, 3.05) is 0 Å². The highest BCUT2D eigenvalue weighted by atomic mass is 16.3. The van der Waals surface area contributed by atoms with Crippen molar-refractivity contribution in [2.24, 2.45) is 0 Å². The van der Waals surface area contributed by atoms with E-state index in [2.05, 4.69) is 10.2 Å². The second kappa shape index (κ2) is 3.51. The molecule has 5 nitrogen and oxygen atoms in total. The van der Waals surface area contributed by atoms with E-state index in [1.807, 2.05) is 6.92 Å². The molecule has 1 aliphatic carbocycles. The highest BCUT2D eigenvalue weighted by Crippen LogP contribution is 2.24. The van der Waals surface area contributed by atoms with Crippen molar-refractivity contribution in [3.8, 4) is 0 Å². The number of hydrogen-bond acceptors (Lipinski definition) is 4. The number of aryl methyl sites for hydroxylation is 1. The quantitative estimate of drug-likeness (QED) is 0.702. The summed E-state index contributed by atoms with van der Waals surface area (Å²) in [5, 5.41) is 27.2. The summed E-state index contributed by atoms with van der Waals surface area (Å²) >= 11 is 0. The van der Waals surface area contributed by atoms with Gasteiger partial charge in [-0.25, -0.2) is 0 Å². The number of aliphatic hydroxyl groups is 2. The molecule has 0 aromatic carbocycles. The first-order valence-electron chi connectivity index (χ1n) is 4.71. The van der Waals surface area contributed by atoms with Gasteiger partial charge in [-0.3, -0.25) is 0 Å². The largest absolute Gasteiger partial charge is 0.386 e. The van der Waals surface area contributed by atoms with E-state index in [1.54, 1.807) is 10.9 Å². The zero-order chi connectivity index (χ0) is 10.1. The van der Waals surface area contributed by atoms with Gasteiger partial charge in [-0.1, -0.05) is 13.0 Å². The maximum Gasteiger partial charge on any atom is 0.129 e. The van der Waals surface area contributed by atoms with Crippen LogP contribution in [0.3, 0.4) is 0 Å². The number of hydrogen-bond donors (Lipinski definition) is 2. The van der Waals surface area contributed by atoms with Crippen LogP contribution in [0.15, 0.2) is 6.08 Å². The minimum Gasteiger partial charge on any atom is -0.386 e. The molecular formula is C9H13N3O2. The topological polar surface area (TPSA) is 71.2 Å². The van der Waals surface area contributed by atoms with E-state index < -0.39 is 12.2 Å². The average molecular weight is 195 g/mol. The molecule has 0 fully saturated rings. The fraction of sp³-hybridized carbons (Fsp3) is 0.556. The lowest BCUT2D eigenvalue weighted by Crippen LogP contribution is -2.19. The molecule has 2 N–H and O–H groups in total. The third kappa shape index (κ3) is 1.44. The van der Waals surface area contributed by atoms with E-state index in [4.69, 9.17) is 0 Å². The molecule has 5 heteroatoms. The van der Waals surface area contributed by atoms with Gasteiger partial charge in [0.15, 0.2) is 0 Å². The molecule has 0 saturated heterocycles. The van der Waals surface area contributed by atoms with Crippen LogP contribution in [0, 0.1) is 0 Å². The highest BCUT2D eigenvalue weighted by molar-refractivity contribution is 5.51. The van der Waals surface area contributed by atoms with Gasteiger partial charge in [0.25, 0.3) is 0 Å². The van der Waals surface area contributed by atoms with Gasteiger partial charge in [0.05, 0.1) is 6.54 Å². The molecule has 0 bridgehead atoms. The van der Waals surface area contributed by atoms with E-state index in [1.165, 1.54) is 6.08 Å². The monoisotopic (exact) mass is 195 g/mol. The number of fused-ring (bicyclic) bond motifs is 1. The van der Waals surface area contributed by atoms with Gasteiger partial charge in [0.2, 0.25) is 0 Å². The first-order valence-corrected chi connectivity index (χ1v) is 4.71. The molecule has 0 spiro atoms. The average Bonchev–Trinajstić information content (AvgIpc) is 2.56. The lowest BCUT2D eigenvalue weighted by molar-refractivity contribution is 0.0437. The van der Waals surface area contributed by atoms with Crippen LogP contribution in [0.4, 0.5) is 0 Å². The molecule has 1 aromatic rings. The van der Waals surface area contributed by atoms with Crippen LogP contribution in [0.5, 0.6) is 0 Å². The molecular weight excluding hydrogens is 182 g/mol. The lowest BCUT2D eigenvalue weighted by atomic mass is 10.0. The van der Waals surface area contributed by atoms with Gasteiger partial charge < -0.3 is 10.2 Å². The molecule has 0 unspecified atom stereocenters. The van der Waals surface area contributed by atoms with Gasteiger partial charge in [0, 0.05) is 0 Å². The smallest absolute Gasteiger partial charge is 0.129 e. The molecule has 2 rings (SSSR count). The normalized spacial score (nSPS) is 25.1. The van der Waals surface area contributed by atoms with Crippen LogP contribution in [0.1, 0.15) is 30.8 Å². The summed E-state index contributed by atoms with van der Waals surface area (Å²) in [6.45, 7) is 2.76. The minimum atomic E-state index is -0.944. The van der Waals surface area contributed by atoms with Crippen molar-refractivity contribution >= 4 is 6.08 Å². The standard InChI is InChI=1S/C9H13N3O2/c1-2-5-12-10-6-3-4-7(13)9(14)8(6)11-12/h3-4,7,9,13-14H,2,5H2,1H3/t7-,9+/m0/s1. The SMILES string of the molecule is CCCn1nc2c(n1)[C@H](O)[C@@H](O)C=C2. The molecule has 14 heavy (non-hydrogen) atoms. The summed E-state index contributed by atoms with van der Waals surface area (Å²) in [5.74, 6) is 0. The van der Waals surface area contributed by atoms with Crippen molar-refractivity contribution in [2.45, 2.75) is 32.1 Å². The fourth-order valence-corrected chi connectivity index (χ4v) is 1.46. The number of aliphatic hydroxyl groups excluding tert-OH is 2. The minimum absolute atomic E-state index is 0.466. The summed E-state index contributed by atoms with van der Waals surface area (Å²) in [7, 11) is 0. The third-order valence-electron chi connectivity index (χ3n) is 2.19. The Morgan fingerprint density at radius 1 is 1.43 bits per heavy atom. The van der Waals surface area contributed by atoms with Gasteiger partial charge in [-0.15, -0.1) is 0 Å². The van der Waals surface area contributed by atoms with Crippen LogP contribution in [-0.4, -0.2) is 31.3 Å². The second-order valence-electron chi connectivity index (χ2n) is 3.36. The van der Waals surface area contributed by atoms with Crippen LogP contribution in [0.25, 0.3) is 6.08 Å². The van der Waals surface area contributed by atoms with Crippen LogP contribution >= 0.6 is 0 Å². The first-order chi connectivity index (χ1) is 6.72. The van der Waals surface area contributed by atoms with E-state index in [9.17, 15) is 10.2 Å². The second-order valence-corrected chi connectivity index (χ2v) is 3.36. The highest BCUT2D eigenvalue weighted by Gasteiger charge is 2.26. The number of aromatic nitrogens is 3. The zero-order valence-corrected chi connectivity index (χ0v) is 7.96. The molecule has 0 saturated carbocycles. The molecule has 76 valence electrons. The van der Waals surface area contributed by atoms with E-state index in [-0.39, 0.29) is 0 Å². The summed E-state index contributed by atoms with van der Waals surface area (Å²) in [4.78, 5) is 1.55. The van der Waals surface area contributed by atoms with Crippen molar-refractivity contribution in [3.05, 3.63) is 17.5 Å². The molecule has 0 radical (unpaired) electrons. The van der Waals surface area contributed by atoms with E-state index in [0.717, 1.165) is 13.0 Å². The maximum atomic E-state index is 9.59. The molecule has 0 amide bonds. The molecule has 1 aliphatic rings. The fourth-order valence-electron chi connectivity index (χ4n) is 1.46. The van der Waals surface area contributed by atoms with Crippen LogP contribution < -0.4 is 0 Å². The Kier molecular flexibility index (Phi) is 2.35. The van der Waals surface area contributed by atoms with Crippen molar-refractivity contribution < 1.29 is 10.2 Å². The Labute approximate surface area is 81.7 Å². The summed E-state index contributed by atoms with van der Waals surface area (Å²) in [5.41, 5.74) is 1.12. The van der Waals surface area contributed by atoms with E-state index in [0.29, 0.717) is 11.4 Å². The maximum absolute atomic E-state index is 9.59. The van der Waals surface area contributed by atoms with Crippen molar-refractivity contribution in [1.82, 2.24) is 15.0 Å². The number of nitrogens with zero attached hydrogens (tertiary/aromatic N) is 3. The third-order valence-corrected chi connectivity index (χ3v) is 2.19. The van der Waals surface area contributed by atoms with Crippen LogP contribution in [-0.2, 0) is 6.54 Å². The predicted octanol–water partition coefficient (Wildman–Crippen LogP) is 0.109. The predicted molar refractivity (Wildman–Crippen MR) is 50.3 cm³/mol. The summed E-state index contributed by atoms with van der Waals surface area (Å²) < 4.78 is 0. The Balaban J connectivity index is 2.33. The molecule has 1 aromatic heterocycles. The molecule has 0 aliphatic heterocycles. The van der Waals surface area contributed by atoms with Gasteiger partial charge in [-0.05, 0) is 12.5 Å². The zero-order valence-electron chi connectivity index (χ0n) is 7.96. The van der Waals surface area contributed by atoms with Gasteiger partial charge in [0.1, 0.15) is 23.6 Å². The van der Waals surface area contributed by atoms with E-state index >= 15 is 0 Å². The Hall–Kier alpha value is -1.20. The first kappa shape index (κ1) is 9.36. The van der Waals surface area contributed by atoms with Crippen molar-refractivity contribution in [1.29, 1.82) is 0 Å². The Morgan fingerprint density at radius 3 is 2.93 bits per heavy atom. The molecule has 2 atom stereocenters. The van der Waals surface area contributed by atoms with Gasteiger partial charge in [-0.2, -0.15) is 15.0 Å².